The Morgan fingerprint density at radius 3 is 2.36 bits per heavy atom. The Kier molecular flexibility index (Phi) is 5.18. The van der Waals surface area contributed by atoms with E-state index < -0.39 is 17.7 Å². The molecule has 0 spiro atoms. The number of benzene rings is 3. The van der Waals surface area contributed by atoms with E-state index in [2.05, 4.69) is 4.98 Å². The van der Waals surface area contributed by atoms with Crippen LogP contribution >= 0.6 is 11.3 Å². The third-order valence-corrected chi connectivity index (χ3v) is 6.73. The molecular formula is C26H20N2O4S. The molecule has 1 N–H and O–H groups in total. The van der Waals surface area contributed by atoms with Crippen molar-refractivity contribution in [3.63, 3.8) is 0 Å². The van der Waals surface area contributed by atoms with E-state index in [-0.39, 0.29) is 11.3 Å². The number of rotatable bonds is 4. The second-order valence-corrected chi connectivity index (χ2v) is 8.78. The van der Waals surface area contributed by atoms with Crippen molar-refractivity contribution in [2.24, 2.45) is 0 Å². The topological polar surface area (TPSA) is 79.7 Å². The van der Waals surface area contributed by atoms with Crippen molar-refractivity contribution in [2.45, 2.75) is 13.0 Å². The maximum absolute atomic E-state index is 13.3. The molecular weight excluding hydrogens is 436 g/mol. The van der Waals surface area contributed by atoms with Gasteiger partial charge in [-0.3, -0.25) is 14.5 Å². The quantitative estimate of drug-likeness (QED) is 0.258. The van der Waals surface area contributed by atoms with Gasteiger partial charge in [0.05, 0.1) is 28.9 Å². The van der Waals surface area contributed by atoms with Gasteiger partial charge < -0.3 is 9.84 Å². The van der Waals surface area contributed by atoms with E-state index in [1.165, 1.54) is 16.2 Å². The van der Waals surface area contributed by atoms with Crippen LogP contribution in [0, 0.1) is 6.92 Å². The number of carbonyl (C=O) groups excluding carboxylic acids is 2. The van der Waals surface area contributed by atoms with Gasteiger partial charge in [0.2, 0.25) is 0 Å². The van der Waals surface area contributed by atoms with E-state index in [9.17, 15) is 14.7 Å². The van der Waals surface area contributed by atoms with Gasteiger partial charge in [-0.15, -0.1) is 0 Å². The largest absolute Gasteiger partial charge is 0.507 e. The average molecular weight is 457 g/mol. The van der Waals surface area contributed by atoms with Crippen molar-refractivity contribution < 1.29 is 19.4 Å². The molecule has 0 bridgehead atoms. The summed E-state index contributed by atoms with van der Waals surface area (Å²) in [6, 6.07) is 21.0. The third kappa shape index (κ3) is 3.56. The van der Waals surface area contributed by atoms with Gasteiger partial charge in [-0.05, 0) is 36.8 Å². The lowest BCUT2D eigenvalue weighted by Gasteiger charge is -2.23. The first kappa shape index (κ1) is 20.9. The highest BCUT2D eigenvalue weighted by atomic mass is 32.1. The van der Waals surface area contributed by atoms with Gasteiger partial charge in [0.25, 0.3) is 5.78 Å². The molecule has 1 aliphatic heterocycles. The third-order valence-electron chi connectivity index (χ3n) is 5.69. The van der Waals surface area contributed by atoms with Gasteiger partial charge in [-0.25, -0.2) is 4.98 Å². The highest BCUT2D eigenvalue weighted by molar-refractivity contribution is 7.22. The van der Waals surface area contributed by atoms with Crippen molar-refractivity contribution in [3.05, 3.63) is 95.1 Å². The first-order valence-electron chi connectivity index (χ1n) is 10.4. The van der Waals surface area contributed by atoms with Crippen LogP contribution in [0.15, 0.2) is 78.4 Å². The van der Waals surface area contributed by atoms with Gasteiger partial charge in [0.15, 0.2) is 5.13 Å². The molecule has 0 saturated carbocycles. The monoisotopic (exact) mass is 456 g/mol. The van der Waals surface area contributed by atoms with Crippen LogP contribution in [0.4, 0.5) is 5.13 Å². The lowest BCUT2D eigenvalue weighted by Crippen LogP contribution is -2.29. The Morgan fingerprint density at radius 1 is 1.00 bits per heavy atom. The van der Waals surface area contributed by atoms with Gasteiger partial charge in [-0.1, -0.05) is 65.4 Å². The van der Waals surface area contributed by atoms with Crippen LogP contribution < -0.4 is 9.64 Å². The first-order chi connectivity index (χ1) is 16.0. The summed E-state index contributed by atoms with van der Waals surface area (Å²) < 4.78 is 6.17. The number of hydrogen-bond acceptors (Lipinski definition) is 6. The number of Topliss-reactive ketones (excluding diaryl/α,β-unsaturated/α-hetero) is 1. The minimum Gasteiger partial charge on any atom is -0.507 e. The molecule has 1 aliphatic rings. The number of ketones is 1. The van der Waals surface area contributed by atoms with Crippen LogP contribution in [0.25, 0.3) is 16.0 Å². The maximum Gasteiger partial charge on any atom is 0.301 e. The van der Waals surface area contributed by atoms with E-state index in [0.717, 1.165) is 15.8 Å². The lowest BCUT2D eigenvalue weighted by molar-refractivity contribution is -0.132. The molecule has 6 nitrogen and oxygen atoms in total. The number of aliphatic hydroxyl groups is 1. The number of aliphatic hydroxyl groups excluding tert-OH is 1. The van der Waals surface area contributed by atoms with Crippen molar-refractivity contribution in [2.75, 3.05) is 12.0 Å². The molecule has 0 aliphatic carbocycles. The van der Waals surface area contributed by atoms with Crippen LogP contribution in [0.5, 0.6) is 5.75 Å². The summed E-state index contributed by atoms with van der Waals surface area (Å²) in [6.07, 6.45) is 0. The zero-order valence-corrected chi connectivity index (χ0v) is 18.8. The maximum atomic E-state index is 13.3. The van der Waals surface area contributed by atoms with E-state index in [0.29, 0.717) is 22.0 Å². The molecule has 1 atom stereocenters. The number of anilines is 1. The van der Waals surface area contributed by atoms with Gasteiger partial charge in [-0.2, -0.15) is 0 Å². The van der Waals surface area contributed by atoms with E-state index >= 15 is 0 Å². The van der Waals surface area contributed by atoms with Crippen LogP contribution in [0.1, 0.15) is 22.7 Å². The second-order valence-electron chi connectivity index (χ2n) is 7.77. The number of aryl methyl sites for hydroxylation is 1. The molecule has 164 valence electrons. The molecule has 0 unspecified atom stereocenters. The number of thiazole rings is 1. The summed E-state index contributed by atoms with van der Waals surface area (Å²) in [6.45, 7) is 1.94. The van der Waals surface area contributed by atoms with Crippen molar-refractivity contribution in [3.8, 4) is 5.75 Å². The molecule has 5 rings (SSSR count). The predicted molar refractivity (Wildman–Crippen MR) is 129 cm³/mol. The number of amides is 1. The van der Waals surface area contributed by atoms with Crippen LogP contribution in [0.2, 0.25) is 0 Å². The van der Waals surface area contributed by atoms with E-state index in [4.69, 9.17) is 4.74 Å². The summed E-state index contributed by atoms with van der Waals surface area (Å²) in [7, 11) is 1.57. The molecule has 33 heavy (non-hydrogen) atoms. The molecule has 1 saturated heterocycles. The molecule has 0 radical (unpaired) electrons. The van der Waals surface area contributed by atoms with Crippen LogP contribution in [-0.2, 0) is 9.59 Å². The fourth-order valence-electron chi connectivity index (χ4n) is 3.96. The number of aromatic nitrogens is 1. The zero-order chi connectivity index (χ0) is 23.1. The fourth-order valence-corrected chi connectivity index (χ4v) is 4.95. The molecule has 2 heterocycles. The number of ether oxygens (including phenoxy) is 1. The standard InChI is InChI=1S/C26H20N2O4S/c1-15-7-9-17(10-8-15)23(29)21-22(16-11-13-18(32-2)14-12-16)28(25(31)24(21)30)26-27-19-5-3-4-6-20(19)33-26/h3-14,22,29H,1-2H3/t22-/m1/s1. The molecule has 4 aromatic rings. The first-order valence-corrected chi connectivity index (χ1v) is 11.2. The van der Waals surface area contributed by atoms with E-state index in [1.54, 1.807) is 43.5 Å². The Labute approximate surface area is 194 Å². The van der Waals surface area contributed by atoms with Gasteiger partial charge in [0.1, 0.15) is 11.5 Å². The molecule has 1 fully saturated rings. The van der Waals surface area contributed by atoms with Crippen molar-refractivity contribution in [1.29, 1.82) is 0 Å². The Hall–Kier alpha value is -3.97. The Morgan fingerprint density at radius 2 is 1.70 bits per heavy atom. The van der Waals surface area contributed by atoms with E-state index in [1.807, 2.05) is 43.3 Å². The number of methoxy groups -OCH3 is 1. The summed E-state index contributed by atoms with van der Waals surface area (Å²) in [5, 5.41) is 11.6. The minimum absolute atomic E-state index is 0.0354. The van der Waals surface area contributed by atoms with Gasteiger partial charge >= 0.3 is 5.91 Å². The molecule has 7 heteroatoms. The fraction of sp³-hybridized carbons (Fsp3) is 0.115. The highest BCUT2D eigenvalue weighted by Gasteiger charge is 2.48. The summed E-state index contributed by atoms with van der Waals surface area (Å²) >= 11 is 1.33. The number of hydrogen-bond donors (Lipinski definition) is 1. The zero-order valence-electron chi connectivity index (χ0n) is 18.0. The number of carbonyl (C=O) groups is 2. The average Bonchev–Trinajstić information content (AvgIpc) is 3.37. The molecule has 1 aromatic heterocycles. The normalized spacial score (nSPS) is 17.6. The van der Waals surface area contributed by atoms with Crippen molar-refractivity contribution >= 4 is 44.1 Å². The summed E-state index contributed by atoms with van der Waals surface area (Å²) in [4.78, 5) is 32.5. The second kappa shape index (κ2) is 8.18. The van der Waals surface area contributed by atoms with Gasteiger partial charge in [0, 0.05) is 5.56 Å². The number of nitrogens with zero attached hydrogens (tertiary/aromatic N) is 2. The Balaban J connectivity index is 1.72. The SMILES string of the molecule is COc1ccc([C@@H]2C(=C(O)c3ccc(C)cc3)C(=O)C(=O)N2c2nc3ccccc3s2)cc1. The molecule has 3 aromatic carbocycles. The predicted octanol–water partition coefficient (Wildman–Crippen LogP) is 5.24. The van der Waals surface area contributed by atoms with Crippen LogP contribution in [-0.4, -0.2) is 28.9 Å². The number of para-hydroxylation sites is 1. The molecule has 1 amide bonds. The number of fused-ring (bicyclic) bond motifs is 1. The summed E-state index contributed by atoms with van der Waals surface area (Å²) in [5.41, 5.74) is 2.94. The smallest absolute Gasteiger partial charge is 0.301 e. The minimum atomic E-state index is -0.822. The Bertz CT molecular complexity index is 1370. The summed E-state index contributed by atoms with van der Waals surface area (Å²) in [5.74, 6) is -1.02. The van der Waals surface area contributed by atoms with Crippen molar-refractivity contribution in [1.82, 2.24) is 4.98 Å². The lowest BCUT2D eigenvalue weighted by atomic mass is 9.95. The highest BCUT2D eigenvalue weighted by Crippen LogP contribution is 2.44. The van der Waals surface area contributed by atoms with Crippen LogP contribution in [0.3, 0.4) is 0 Å².